The van der Waals surface area contributed by atoms with E-state index in [1.807, 2.05) is 11.0 Å². The third-order valence-electron chi connectivity index (χ3n) is 6.60. The molecule has 0 saturated carbocycles. The Hall–Kier alpha value is -4.18. The average molecular weight is 490 g/mol. The number of anilines is 3. The van der Waals surface area contributed by atoms with Gasteiger partial charge in [0.15, 0.2) is 5.82 Å². The number of hydrogen-bond acceptors (Lipinski definition) is 7. The Morgan fingerprint density at radius 1 is 1.08 bits per heavy atom. The monoisotopic (exact) mass is 489 g/mol. The minimum atomic E-state index is -0.533. The maximum atomic E-state index is 13.0. The SMILES string of the molecule is CCN1CCN(C(=O)c2ccc(Nc3nc(-c4cccc(C(N)=O)c4C)cn(C)c3=O)cc2N)CC1. The van der Waals surface area contributed by atoms with Crippen molar-refractivity contribution in [3.63, 3.8) is 0 Å². The van der Waals surface area contributed by atoms with Crippen molar-refractivity contribution < 1.29 is 9.59 Å². The predicted octanol–water partition coefficient (Wildman–Crippen LogP) is 1.96. The van der Waals surface area contributed by atoms with Gasteiger partial charge < -0.3 is 31.2 Å². The van der Waals surface area contributed by atoms with Crippen molar-refractivity contribution >= 4 is 29.0 Å². The Morgan fingerprint density at radius 3 is 2.44 bits per heavy atom. The lowest BCUT2D eigenvalue weighted by Crippen LogP contribution is -2.48. The second-order valence-electron chi connectivity index (χ2n) is 8.89. The van der Waals surface area contributed by atoms with Crippen LogP contribution < -0.4 is 22.3 Å². The Morgan fingerprint density at radius 2 is 1.81 bits per heavy atom. The summed E-state index contributed by atoms with van der Waals surface area (Å²) < 4.78 is 1.41. The summed E-state index contributed by atoms with van der Waals surface area (Å²) in [6.07, 6.45) is 1.61. The zero-order chi connectivity index (χ0) is 26.0. The highest BCUT2D eigenvalue weighted by Crippen LogP contribution is 2.26. The van der Waals surface area contributed by atoms with Crippen LogP contribution in [0.5, 0.6) is 0 Å². The molecule has 2 heterocycles. The van der Waals surface area contributed by atoms with E-state index in [9.17, 15) is 14.4 Å². The van der Waals surface area contributed by atoms with Gasteiger partial charge in [-0.15, -0.1) is 0 Å². The number of piperazine rings is 1. The van der Waals surface area contributed by atoms with Crippen molar-refractivity contribution in [3.8, 4) is 11.3 Å². The molecular weight excluding hydrogens is 458 g/mol. The van der Waals surface area contributed by atoms with Crippen molar-refractivity contribution in [1.82, 2.24) is 19.4 Å². The average Bonchev–Trinajstić information content (AvgIpc) is 2.86. The van der Waals surface area contributed by atoms with E-state index in [1.165, 1.54) is 4.57 Å². The molecule has 36 heavy (non-hydrogen) atoms. The lowest BCUT2D eigenvalue weighted by molar-refractivity contribution is 0.0644. The van der Waals surface area contributed by atoms with Gasteiger partial charge in [-0.2, -0.15) is 0 Å². The molecule has 5 N–H and O–H groups in total. The molecule has 0 aliphatic carbocycles. The van der Waals surface area contributed by atoms with Gasteiger partial charge in [-0.25, -0.2) is 4.98 Å². The number of hydrogen-bond donors (Lipinski definition) is 3. The fourth-order valence-electron chi connectivity index (χ4n) is 4.41. The molecule has 0 radical (unpaired) electrons. The summed E-state index contributed by atoms with van der Waals surface area (Å²) in [4.78, 5) is 46.2. The molecule has 2 aromatic carbocycles. The number of amides is 2. The van der Waals surface area contributed by atoms with Crippen molar-refractivity contribution in [3.05, 3.63) is 69.6 Å². The minimum Gasteiger partial charge on any atom is -0.398 e. The van der Waals surface area contributed by atoms with Gasteiger partial charge in [0, 0.05) is 61.9 Å². The van der Waals surface area contributed by atoms with Crippen LogP contribution in [0.25, 0.3) is 11.3 Å². The first-order chi connectivity index (χ1) is 17.2. The smallest absolute Gasteiger partial charge is 0.293 e. The molecule has 4 rings (SSSR count). The summed E-state index contributed by atoms with van der Waals surface area (Å²) in [5.41, 5.74) is 14.9. The highest BCUT2D eigenvalue weighted by Gasteiger charge is 2.23. The van der Waals surface area contributed by atoms with Crippen molar-refractivity contribution in [2.45, 2.75) is 13.8 Å². The lowest BCUT2D eigenvalue weighted by Gasteiger charge is -2.34. The lowest BCUT2D eigenvalue weighted by atomic mass is 10.00. The van der Waals surface area contributed by atoms with Crippen LogP contribution in [0, 0.1) is 6.92 Å². The molecule has 0 spiro atoms. The molecule has 1 saturated heterocycles. The van der Waals surface area contributed by atoms with Crippen LogP contribution in [0.3, 0.4) is 0 Å². The van der Waals surface area contributed by atoms with Crippen LogP contribution >= 0.6 is 0 Å². The highest BCUT2D eigenvalue weighted by atomic mass is 16.2. The van der Waals surface area contributed by atoms with Crippen molar-refractivity contribution in [1.29, 1.82) is 0 Å². The molecule has 1 fully saturated rings. The van der Waals surface area contributed by atoms with E-state index >= 15 is 0 Å². The molecule has 0 unspecified atom stereocenters. The molecule has 0 bridgehead atoms. The molecule has 2 amide bonds. The molecule has 1 aliphatic rings. The fourth-order valence-corrected chi connectivity index (χ4v) is 4.41. The van der Waals surface area contributed by atoms with Gasteiger partial charge in [-0.1, -0.05) is 19.1 Å². The van der Waals surface area contributed by atoms with E-state index < -0.39 is 5.91 Å². The Kier molecular flexibility index (Phi) is 7.07. The highest BCUT2D eigenvalue weighted by molar-refractivity contribution is 6.00. The molecule has 1 aromatic heterocycles. The summed E-state index contributed by atoms with van der Waals surface area (Å²) in [6, 6.07) is 10.2. The molecular formula is C26H31N7O3. The zero-order valence-corrected chi connectivity index (χ0v) is 20.7. The maximum Gasteiger partial charge on any atom is 0.293 e. The van der Waals surface area contributed by atoms with Crippen LogP contribution in [-0.4, -0.2) is 63.9 Å². The molecule has 3 aromatic rings. The second-order valence-corrected chi connectivity index (χ2v) is 8.89. The zero-order valence-electron chi connectivity index (χ0n) is 20.7. The van der Waals surface area contributed by atoms with E-state index in [-0.39, 0.29) is 17.3 Å². The first kappa shape index (κ1) is 24.9. The summed E-state index contributed by atoms with van der Waals surface area (Å²) in [7, 11) is 1.63. The number of carbonyl (C=O) groups excluding carboxylic acids is 2. The van der Waals surface area contributed by atoms with Gasteiger partial charge in [0.25, 0.3) is 11.5 Å². The summed E-state index contributed by atoms with van der Waals surface area (Å²) in [5, 5.41) is 3.03. The number of aromatic nitrogens is 2. The molecule has 10 nitrogen and oxygen atoms in total. The number of nitrogen functional groups attached to an aromatic ring is 1. The van der Waals surface area contributed by atoms with Crippen LogP contribution in [0.1, 0.15) is 33.2 Å². The first-order valence-corrected chi connectivity index (χ1v) is 11.8. The quantitative estimate of drug-likeness (QED) is 0.450. The Balaban J connectivity index is 1.60. The topological polar surface area (TPSA) is 140 Å². The number of nitrogens with zero attached hydrogens (tertiary/aromatic N) is 4. The number of primary amides is 1. The van der Waals surface area contributed by atoms with E-state index in [2.05, 4.69) is 22.1 Å². The third-order valence-corrected chi connectivity index (χ3v) is 6.60. The fraction of sp³-hybridized carbons (Fsp3) is 0.308. The first-order valence-electron chi connectivity index (χ1n) is 11.8. The summed E-state index contributed by atoms with van der Waals surface area (Å²) in [6.45, 7) is 7.87. The van der Waals surface area contributed by atoms with Crippen LogP contribution in [0.2, 0.25) is 0 Å². The van der Waals surface area contributed by atoms with Gasteiger partial charge in [0.1, 0.15) is 0 Å². The maximum absolute atomic E-state index is 13.0. The number of benzene rings is 2. The predicted molar refractivity (Wildman–Crippen MR) is 140 cm³/mol. The molecule has 1 aliphatic heterocycles. The van der Waals surface area contributed by atoms with E-state index in [0.717, 1.165) is 19.6 Å². The molecule has 10 heteroatoms. The van der Waals surface area contributed by atoms with Gasteiger partial charge >= 0.3 is 0 Å². The molecule has 0 atom stereocenters. The number of likely N-dealkylation sites (N-methyl/N-ethyl adjacent to an activating group) is 1. The standard InChI is InChI=1S/C26H31N7O3/c1-4-32-10-12-33(13-11-32)25(35)20-9-8-17(14-21(20)27)29-24-26(36)31(3)15-22(30-24)18-6-5-7-19(16(18)2)23(28)34/h5-9,14-15H,4,10-13,27H2,1-3H3,(H2,28,34)(H,29,30). The van der Waals surface area contributed by atoms with E-state index in [4.69, 9.17) is 11.5 Å². The van der Waals surface area contributed by atoms with E-state index in [0.29, 0.717) is 52.4 Å². The van der Waals surface area contributed by atoms with Gasteiger partial charge in [0.05, 0.1) is 11.3 Å². The summed E-state index contributed by atoms with van der Waals surface area (Å²) >= 11 is 0. The second kappa shape index (κ2) is 10.2. The van der Waals surface area contributed by atoms with E-state index in [1.54, 1.807) is 50.5 Å². The third kappa shape index (κ3) is 4.94. The van der Waals surface area contributed by atoms with Crippen molar-refractivity contribution in [2.75, 3.05) is 43.8 Å². The largest absolute Gasteiger partial charge is 0.398 e. The normalized spacial score (nSPS) is 14.0. The van der Waals surface area contributed by atoms with Crippen LogP contribution in [0.15, 0.2) is 47.4 Å². The Bertz CT molecular complexity index is 1370. The minimum absolute atomic E-state index is 0.0908. The van der Waals surface area contributed by atoms with Crippen LogP contribution in [0.4, 0.5) is 17.2 Å². The Labute approximate surface area is 209 Å². The summed E-state index contributed by atoms with van der Waals surface area (Å²) in [5.74, 6) is -0.543. The number of rotatable bonds is 6. The van der Waals surface area contributed by atoms with Gasteiger partial charge in [0.2, 0.25) is 5.91 Å². The number of aryl methyl sites for hydroxylation is 1. The van der Waals surface area contributed by atoms with Crippen LogP contribution in [-0.2, 0) is 7.05 Å². The number of nitrogens with one attached hydrogen (secondary N) is 1. The number of nitrogens with two attached hydrogens (primary N) is 2. The molecule has 188 valence electrons. The van der Waals surface area contributed by atoms with Gasteiger partial charge in [-0.3, -0.25) is 14.4 Å². The van der Waals surface area contributed by atoms with Crippen molar-refractivity contribution in [2.24, 2.45) is 12.8 Å². The number of carbonyl (C=O) groups is 2. The van der Waals surface area contributed by atoms with Gasteiger partial charge in [-0.05, 0) is 43.3 Å².